The SMILES string of the molecule is c1ccc(-c2nc(CNc3ncnc4[nH]ncc34)co2)cc1. The number of hydrogen-bond acceptors (Lipinski definition) is 6. The fourth-order valence-electron chi connectivity index (χ4n) is 2.18. The van der Waals surface area contributed by atoms with Gasteiger partial charge in [-0.25, -0.2) is 15.0 Å². The van der Waals surface area contributed by atoms with Crippen LogP contribution in [0.5, 0.6) is 0 Å². The van der Waals surface area contributed by atoms with Gasteiger partial charge in [0.2, 0.25) is 5.89 Å². The van der Waals surface area contributed by atoms with E-state index in [0.29, 0.717) is 23.9 Å². The first-order valence-electron chi connectivity index (χ1n) is 6.78. The summed E-state index contributed by atoms with van der Waals surface area (Å²) >= 11 is 0. The number of hydrogen-bond donors (Lipinski definition) is 2. The van der Waals surface area contributed by atoms with Crippen LogP contribution >= 0.6 is 0 Å². The number of nitrogens with one attached hydrogen (secondary N) is 2. The molecule has 0 spiro atoms. The average Bonchev–Trinajstić information content (AvgIpc) is 3.23. The van der Waals surface area contributed by atoms with Gasteiger partial charge < -0.3 is 9.73 Å². The van der Waals surface area contributed by atoms with Crippen molar-refractivity contribution in [3.8, 4) is 11.5 Å². The third-order valence-electron chi connectivity index (χ3n) is 3.26. The minimum Gasteiger partial charge on any atom is -0.444 e. The highest BCUT2D eigenvalue weighted by Crippen LogP contribution is 2.20. The maximum atomic E-state index is 5.51. The molecule has 3 aromatic heterocycles. The minimum atomic E-state index is 0.508. The Morgan fingerprint density at radius 3 is 2.95 bits per heavy atom. The molecule has 7 nitrogen and oxygen atoms in total. The third-order valence-corrected chi connectivity index (χ3v) is 3.26. The first-order valence-corrected chi connectivity index (χ1v) is 6.78. The van der Waals surface area contributed by atoms with Crippen molar-refractivity contribution in [3.63, 3.8) is 0 Å². The molecule has 1 aromatic carbocycles. The number of aromatic nitrogens is 5. The highest BCUT2D eigenvalue weighted by molar-refractivity contribution is 5.85. The van der Waals surface area contributed by atoms with Gasteiger partial charge in [-0.3, -0.25) is 5.10 Å². The second-order valence-electron chi connectivity index (χ2n) is 4.72. The van der Waals surface area contributed by atoms with Crippen LogP contribution in [0.25, 0.3) is 22.5 Å². The van der Waals surface area contributed by atoms with E-state index in [4.69, 9.17) is 4.42 Å². The second kappa shape index (κ2) is 5.28. The fraction of sp³-hybridized carbons (Fsp3) is 0.0667. The maximum Gasteiger partial charge on any atom is 0.226 e. The van der Waals surface area contributed by atoms with Gasteiger partial charge in [-0.2, -0.15) is 5.10 Å². The van der Waals surface area contributed by atoms with Crippen LogP contribution in [0.4, 0.5) is 5.82 Å². The number of benzene rings is 1. The number of oxazole rings is 1. The van der Waals surface area contributed by atoms with E-state index in [2.05, 4.69) is 30.5 Å². The minimum absolute atomic E-state index is 0.508. The molecule has 2 N–H and O–H groups in total. The summed E-state index contributed by atoms with van der Waals surface area (Å²) in [5.41, 5.74) is 2.45. The first-order chi connectivity index (χ1) is 10.9. The lowest BCUT2D eigenvalue weighted by molar-refractivity contribution is 0.573. The van der Waals surface area contributed by atoms with Crippen molar-refractivity contribution < 1.29 is 4.42 Å². The Hall–Kier alpha value is -3.22. The van der Waals surface area contributed by atoms with Crippen LogP contribution in [0.2, 0.25) is 0 Å². The Morgan fingerprint density at radius 1 is 1.14 bits per heavy atom. The van der Waals surface area contributed by atoms with Gasteiger partial charge in [-0.15, -0.1) is 0 Å². The number of rotatable bonds is 4. The van der Waals surface area contributed by atoms with Crippen molar-refractivity contribution in [1.29, 1.82) is 0 Å². The quantitative estimate of drug-likeness (QED) is 0.600. The summed E-state index contributed by atoms with van der Waals surface area (Å²) < 4.78 is 5.51. The molecule has 0 unspecified atom stereocenters. The molecule has 0 radical (unpaired) electrons. The fourth-order valence-corrected chi connectivity index (χ4v) is 2.18. The average molecular weight is 292 g/mol. The smallest absolute Gasteiger partial charge is 0.226 e. The molecular weight excluding hydrogens is 280 g/mol. The largest absolute Gasteiger partial charge is 0.444 e. The zero-order valence-corrected chi connectivity index (χ0v) is 11.5. The van der Waals surface area contributed by atoms with Crippen molar-refractivity contribution >= 4 is 16.9 Å². The molecule has 0 saturated heterocycles. The molecule has 0 bridgehead atoms. The molecule has 108 valence electrons. The van der Waals surface area contributed by atoms with Gasteiger partial charge in [-0.05, 0) is 12.1 Å². The van der Waals surface area contributed by atoms with E-state index in [9.17, 15) is 0 Å². The number of aromatic amines is 1. The molecule has 4 rings (SSSR count). The van der Waals surface area contributed by atoms with Crippen LogP contribution in [-0.4, -0.2) is 25.1 Å². The normalized spacial score (nSPS) is 10.9. The Balaban J connectivity index is 1.53. The highest BCUT2D eigenvalue weighted by atomic mass is 16.3. The third kappa shape index (κ3) is 2.28. The van der Waals surface area contributed by atoms with Crippen LogP contribution in [0.3, 0.4) is 0 Å². The van der Waals surface area contributed by atoms with E-state index in [1.54, 1.807) is 12.5 Å². The predicted molar refractivity (Wildman–Crippen MR) is 80.9 cm³/mol. The summed E-state index contributed by atoms with van der Waals surface area (Å²) in [6.45, 7) is 0.508. The molecule has 0 aliphatic carbocycles. The van der Waals surface area contributed by atoms with E-state index >= 15 is 0 Å². The summed E-state index contributed by atoms with van der Waals surface area (Å²) in [6.07, 6.45) is 4.82. The Labute approximate surface area is 125 Å². The molecule has 0 aliphatic rings. The van der Waals surface area contributed by atoms with Gasteiger partial charge in [0, 0.05) is 5.56 Å². The van der Waals surface area contributed by atoms with Crippen molar-refractivity contribution in [1.82, 2.24) is 25.1 Å². The Bertz CT molecular complexity index is 898. The predicted octanol–water partition coefficient (Wildman–Crippen LogP) is 2.62. The van der Waals surface area contributed by atoms with Crippen LogP contribution in [0.15, 0.2) is 53.5 Å². The maximum absolute atomic E-state index is 5.51. The topological polar surface area (TPSA) is 92.5 Å². The van der Waals surface area contributed by atoms with Gasteiger partial charge in [0.1, 0.15) is 18.4 Å². The molecule has 22 heavy (non-hydrogen) atoms. The lowest BCUT2D eigenvalue weighted by Gasteiger charge is -2.03. The molecule has 0 atom stereocenters. The number of H-pyrrole nitrogens is 1. The zero-order valence-electron chi connectivity index (χ0n) is 11.5. The highest BCUT2D eigenvalue weighted by Gasteiger charge is 2.08. The molecular formula is C15H12N6O. The molecule has 0 aliphatic heterocycles. The van der Waals surface area contributed by atoms with Crippen LogP contribution in [0.1, 0.15) is 5.69 Å². The van der Waals surface area contributed by atoms with Crippen molar-refractivity contribution in [2.75, 3.05) is 5.32 Å². The van der Waals surface area contributed by atoms with Crippen molar-refractivity contribution in [2.45, 2.75) is 6.54 Å². The number of fused-ring (bicyclic) bond motifs is 1. The van der Waals surface area contributed by atoms with E-state index in [1.165, 1.54) is 6.33 Å². The molecule has 0 fully saturated rings. The molecule has 4 aromatic rings. The summed E-state index contributed by atoms with van der Waals surface area (Å²) in [7, 11) is 0. The molecule has 0 saturated carbocycles. The summed E-state index contributed by atoms with van der Waals surface area (Å²) in [6, 6.07) is 9.78. The van der Waals surface area contributed by atoms with Gasteiger partial charge >= 0.3 is 0 Å². The summed E-state index contributed by atoms with van der Waals surface area (Å²) in [4.78, 5) is 12.8. The zero-order chi connectivity index (χ0) is 14.8. The lowest BCUT2D eigenvalue weighted by Crippen LogP contribution is -2.02. The van der Waals surface area contributed by atoms with Crippen molar-refractivity contribution in [2.24, 2.45) is 0 Å². The summed E-state index contributed by atoms with van der Waals surface area (Å²) in [5.74, 6) is 1.32. The van der Waals surface area contributed by atoms with Crippen LogP contribution < -0.4 is 5.32 Å². The van der Waals surface area contributed by atoms with Gasteiger partial charge in [0.25, 0.3) is 0 Å². The number of nitrogens with zero attached hydrogens (tertiary/aromatic N) is 4. The van der Waals surface area contributed by atoms with E-state index in [0.717, 1.165) is 16.6 Å². The van der Waals surface area contributed by atoms with Gasteiger partial charge in [0.15, 0.2) is 5.65 Å². The Morgan fingerprint density at radius 2 is 2.05 bits per heavy atom. The van der Waals surface area contributed by atoms with Crippen molar-refractivity contribution in [3.05, 3.63) is 54.8 Å². The molecule has 0 amide bonds. The van der Waals surface area contributed by atoms with Gasteiger partial charge in [0.05, 0.1) is 23.8 Å². The van der Waals surface area contributed by atoms with Crippen LogP contribution in [0, 0.1) is 0 Å². The molecule has 3 heterocycles. The first kappa shape index (κ1) is 12.5. The van der Waals surface area contributed by atoms with E-state index < -0.39 is 0 Å². The second-order valence-corrected chi connectivity index (χ2v) is 4.72. The monoisotopic (exact) mass is 292 g/mol. The lowest BCUT2D eigenvalue weighted by atomic mass is 10.2. The van der Waals surface area contributed by atoms with Crippen LogP contribution in [-0.2, 0) is 6.54 Å². The summed E-state index contributed by atoms with van der Waals surface area (Å²) in [5, 5.41) is 10.8. The van der Waals surface area contributed by atoms with E-state index in [-0.39, 0.29) is 0 Å². The van der Waals surface area contributed by atoms with Gasteiger partial charge in [-0.1, -0.05) is 18.2 Å². The number of anilines is 1. The van der Waals surface area contributed by atoms with E-state index in [1.807, 2.05) is 30.3 Å². The Kier molecular flexibility index (Phi) is 3.01. The standard InChI is InChI=1S/C15H12N6O/c1-2-4-10(5-3-1)15-20-11(8-22-15)6-16-13-12-7-19-21-14(12)18-9-17-13/h1-5,7-9H,6H2,(H2,16,17,18,19,21). The molecule has 7 heteroatoms.